The molecule has 2 aliphatic heterocycles. The van der Waals surface area contributed by atoms with Crippen molar-refractivity contribution in [3.8, 4) is 0 Å². The molecule has 1 aromatic carbocycles. The minimum absolute atomic E-state index is 0.0633. The normalized spacial score (nSPS) is 19.0. The number of thioether (sulfide) groups is 1. The Hall–Kier alpha value is -2.43. The fourth-order valence-corrected chi connectivity index (χ4v) is 6.26. The highest BCUT2D eigenvalue weighted by Gasteiger charge is 2.34. The highest BCUT2D eigenvalue weighted by molar-refractivity contribution is 8.26. The van der Waals surface area contributed by atoms with Gasteiger partial charge in [-0.3, -0.25) is 9.69 Å². The van der Waals surface area contributed by atoms with E-state index in [0.717, 1.165) is 30.2 Å². The summed E-state index contributed by atoms with van der Waals surface area (Å²) in [5.74, 6) is 0.565. The van der Waals surface area contributed by atoms with Crippen LogP contribution in [0.1, 0.15) is 31.2 Å². The smallest absolute Gasteiger partial charge is 0.266 e. The average Bonchev–Trinajstić information content (AvgIpc) is 3.32. The minimum Gasteiger partial charge on any atom is -0.420 e. The van der Waals surface area contributed by atoms with Gasteiger partial charge in [-0.1, -0.05) is 54.7 Å². The van der Waals surface area contributed by atoms with E-state index in [9.17, 15) is 13.2 Å². The number of amides is 1. The molecule has 0 aliphatic carbocycles. The number of rotatable bonds is 6. The summed E-state index contributed by atoms with van der Waals surface area (Å²) in [5.41, 5.74) is 0.960. The van der Waals surface area contributed by atoms with Crippen LogP contribution in [0.3, 0.4) is 0 Å². The Balaban J connectivity index is 1.76. The fourth-order valence-electron chi connectivity index (χ4n) is 3.69. The van der Waals surface area contributed by atoms with E-state index in [2.05, 4.69) is 18.5 Å². The number of carbonyl (C=O) groups excluding carboxylic acids is 1. The molecule has 174 valence electrons. The van der Waals surface area contributed by atoms with Gasteiger partial charge in [-0.2, -0.15) is 4.98 Å². The lowest BCUT2D eigenvalue weighted by Crippen LogP contribution is -2.33. The number of hydrogen-bond donors (Lipinski definition) is 0. The van der Waals surface area contributed by atoms with Crippen LogP contribution in [0.4, 0.5) is 5.88 Å². The Kier molecular flexibility index (Phi) is 6.78. The first kappa shape index (κ1) is 23.7. The van der Waals surface area contributed by atoms with E-state index < -0.39 is 9.84 Å². The monoisotopic (exact) mass is 503 g/mol. The molecule has 33 heavy (non-hydrogen) atoms. The van der Waals surface area contributed by atoms with Crippen LogP contribution >= 0.6 is 24.0 Å². The number of oxazole rings is 1. The van der Waals surface area contributed by atoms with Crippen molar-refractivity contribution >= 4 is 56.0 Å². The van der Waals surface area contributed by atoms with Crippen molar-refractivity contribution in [2.24, 2.45) is 5.92 Å². The fraction of sp³-hybridized carbons (Fsp3) is 0.348. The summed E-state index contributed by atoms with van der Waals surface area (Å²) in [7, 11) is -3.92. The van der Waals surface area contributed by atoms with E-state index >= 15 is 0 Å². The van der Waals surface area contributed by atoms with Crippen LogP contribution in [0.2, 0.25) is 0 Å². The van der Waals surface area contributed by atoms with Crippen molar-refractivity contribution < 1.29 is 17.6 Å². The van der Waals surface area contributed by atoms with Crippen LogP contribution in [0.25, 0.3) is 6.08 Å². The molecule has 0 bridgehead atoms. The molecule has 2 aliphatic rings. The number of aromatic nitrogens is 1. The van der Waals surface area contributed by atoms with Crippen molar-refractivity contribution in [3.63, 3.8) is 0 Å². The van der Waals surface area contributed by atoms with Crippen LogP contribution in [0, 0.1) is 12.8 Å². The predicted octanol–water partition coefficient (Wildman–Crippen LogP) is 4.44. The Morgan fingerprint density at radius 2 is 1.94 bits per heavy atom. The number of thiocarbonyl (C=S) groups is 1. The largest absolute Gasteiger partial charge is 0.420 e. The zero-order valence-electron chi connectivity index (χ0n) is 18.5. The first-order valence-electron chi connectivity index (χ1n) is 10.6. The van der Waals surface area contributed by atoms with E-state index in [0.29, 0.717) is 34.8 Å². The Bertz CT molecular complexity index is 1220. The Morgan fingerprint density at radius 1 is 1.27 bits per heavy atom. The summed E-state index contributed by atoms with van der Waals surface area (Å²) < 4.78 is 33.4. The van der Waals surface area contributed by atoms with Gasteiger partial charge in [-0.05, 0) is 37.8 Å². The second-order valence-electron chi connectivity index (χ2n) is 8.23. The van der Waals surface area contributed by atoms with E-state index in [1.165, 1.54) is 11.0 Å². The lowest BCUT2D eigenvalue weighted by atomic mass is 9.99. The first-order valence-corrected chi connectivity index (χ1v) is 13.4. The molecule has 3 heterocycles. The van der Waals surface area contributed by atoms with Crippen LogP contribution < -0.4 is 4.90 Å². The molecule has 0 spiro atoms. The summed E-state index contributed by atoms with van der Waals surface area (Å²) in [6.07, 6.45) is 4.92. The molecule has 4 rings (SSSR count). The molecular formula is C23H25N3O4S3. The van der Waals surface area contributed by atoms with Gasteiger partial charge in [0.05, 0.1) is 9.80 Å². The minimum atomic E-state index is -3.92. The van der Waals surface area contributed by atoms with Gasteiger partial charge in [0.1, 0.15) is 4.32 Å². The number of hydrogen-bond acceptors (Lipinski definition) is 8. The summed E-state index contributed by atoms with van der Waals surface area (Å²) in [6.45, 7) is 9.38. The van der Waals surface area contributed by atoms with Crippen LogP contribution in [-0.2, 0) is 14.6 Å². The van der Waals surface area contributed by atoms with Gasteiger partial charge < -0.3 is 9.32 Å². The van der Waals surface area contributed by atoms with Gasteiger partial charge in [0.15, 0.2) is 0 Å². The lowest BCUT2D eigenvalue weighted by molar-refractivity contribution is -0.121. The third-order valence-electron chi connectivity index (χ3n) is 5.69. The average molecular weight is 504 g/mol. The summed E-state index contributed by atoms with van der Waals surface area (Å²) in [5, 5.41) is -0.131. The number of benzene rings is 1. The van der Waals surface area contributed by atoms with Gasteiger partial charge in [-0.25, -0.2) is 8.42 Å². The zero-order valence-corrected chi connectivity index (χ0v) is 20.9. The van der Waals surface area contributed by atoms with E-state index in [4.69, 9.17) is 16.6 Å². The maximum absolute atomic E-state index is 13.5. The van der Waals surface area contributed by atoms with Crippen molar-refractivity contribution in [1.29, 1.82) is 0 Å². The molecule has 2 fully saturated rings. The van der Waals surface area contributed by atoms with E-state index in [1.54, 1.807) is 30.3 Å². The summed E-state index contributed by atoms with van der Waals surface area (Å²) >= 11 is 6.41. The Morgan fingerprint density at radius 3 is 2.58 bits per heavy atom. The van der Waals surface area contributed by atoms with Crippen LogP contribution in [0.15, 0.2) is 56.2 Å². The standard InChI is InChI=1S/C23H25N3O4S3/c1-4-11-26-21(27)18(32-23(26)31)14-19-24-20(22(30-19)25-12-9-16(3)10-13-25)33(28,29)17-7-5-15(2)6-8-17/h4-8,14,16H,1,9-13H2,2-3H3. The number of anilines is 1. The Labute approximate surface area is 203 Å². The first-order chi connectivity index (χ1) is 15.7. The summed E-state index contributed by atoms with van der Waals surface area (Å²) in [6, 6.07) is 6.64. The van der Waals surface area contributed by atoms with Gasteiger partial charge >= 0.3 is 0 Å². The lowest BCUT2D eigenvalue weighted by Gasteiger charge is -2.30. The number of piperidine rings is 1. The molecular weight excluding hydrogens is 478 g/mol. The quantitative estimate of drug-likeness (QED) is 0.325. The van der Waals surface area contributed by atoms with Crippen LogP contribution in [0.5, 0.6) is 0 Å². The molecule has 0 radical (unpaired) electrons. The second kappa shape index (κ2) is 9.44. The molecule has 2 saturated heterocycles. The van der Waals surface area contributed by atoms with Gasteiger partial charge in [0, 0.05) is 25.7 Å². The number of sulfone groups is 1. The van der Waals surface area contributed by atoms with Crippen molar-refractivity contribution in [1.82, 2.24) is 9.88 Å². The van der Waals surface area contributed by atoms with Gasteiger partial charge in [0.25, 0.3) is 5.91 Å². The molecule has 10 heteroatoms. The van der Waals surface area contributed by atoms with Gasteiger partial charge in [0.2, 0.25) is 26.6 Å². The number of aryl methyl sites for hydroxylation is 1. The number of carbonyl (C=O) groups is 1. The SMILES string of the molecule is C=CCN1C(=O)C(=Cc2nc(S(=O)(=O)c3ccc(C)cc3)c(N3CCC(C)CC3)o2)SC1=S. The highest BCUT2D eigenvalue weighted by Crippen LogP contribution is 2.36. The topological polar surface area (TPSA) is 83.7 Å². The van der Waals surface area contributed by atoms with E-state index in [1.807, 2.05) is 11.8 Å². The molecule has 0 N–H and O–H groups in total. The van der Waals surface area contributed by atoms with Crippen LogP contribution in [-0.4, -0.2) is 48.2 Å². The third-order valence-corrected chi connectivity index (χ3v) is 8.74. The molecule has 0 atom stereocenters. The van der Waals surface area contributed by atoms with Crippen molar-refractivity contribution in [2.45, 2.75) is 36.6 Å². The van der Waals surface area contributed by atoms with Crippen molar-refractivity contribution in [3.05, 3.63) is 53.3 Å². The maximum Gasteiger partial charge on any atom is 0.266 e. The zero-order chi connectivity index (χ0) is 23.8. The van der Waals surface area contributed by atoms with Gasteiger partial charge in [-0.15, -0.1) is 6.58 Å². The number of nitrogens with zero attached hydrogens (tertiary/aromatic N) is 3. The third kappa shape index (κ3) is 4.78. The predicted molar refractivity (Wildman–Crippen MR) is 134 cm³/mol. The highest BCUT2D eigenvalue weighted by atomic mass is 32.2. The maximum atomic E-state index is 13.5. The molecule has 1 amide bonds. The molecule has 0 unspecified atom stereocenters. The van der Waals surface area contributed by atoms with E-state index in [-0.39, 0.29) is 27.6 Å². The summed E-state index contributed by atoms with van der Waals surface area (Å²) in [4.78, 5) is 20.9. The van der Waals surface area contributed by atoms with Crippen molar-refractivity contribution in [2.75, 3.05) is 24.5 Å². The molecule has 7 nitrogen and oxygen atoms in total. The molecule has 1 aromatic heterocycles. The second-order valence-corrected chi connectivity index (χ2v) is 11.8. The molecule has 2 aromatic rings. The molecule has 0 saturated carbocycles.